The van der Waals surface area contributed by atoms with Gasteiger partial charge >= 0.3 is 0 Å². The fourth-order valence-electron chi connectivity index (χ4n) is 3.13. The van der Waals surface area contributed by atoms with Gasteiger partial charge in [-0.25, -0.2) is 9.97 Å². The molecular formula is C23H26ClN7O3. The van der Waals surface area contributed by atoms with Crippen LogP contribution in [0.15, 0.2) is 42.9 Å². The van der Waals surface area contributed by atoms with Crippen LogP contribution in [-0.4, -0.2) is 70.5 Å². The number of aryl methyl sites for hydroxylation is 1. The van der Waals surface area contributed by atoms with Gasteiger partial charge in [-0.1, -0.05) is 11.6 Å². The molecule has 0 aliphatic rings. The third kappa shape index (κ3) is 5.90. The van der Waals surface area contributed by atoms with E-state index in [0.717, 1.165) is 24.5 Å². The molecule has 178 valence electrons. The summed E-state index contributed by atoms with van der Waals surface area (Å²) >= 11 is 6.46. The smallest absolute Gasteiger partial charge is 0.246 e. The van der Waals surface area contributed by atoms with Crippen LogP contribution in [0, 0.1) is 6.92 Å². The molecule has 0 saturated heterocycles. The van der Waals surface area contributed by atoms with Crippen LogP contribution in [0.4, 0.5) is 11.5 Å². The zero-order valence-electron chi connectivity index (χ0n) is 19.2. The van der Waals surface area contributed by atoms with Crippen molar-refractivity contribution in [3.8, 4) is 17.4 Å². The van der Waals surface area contributed by atoms with Gasteiger partial charge in [0.1, 0.15) is 35.6 Å². The molecule has 10 nitrogen and oxygen atoms in total. The van der Waals surface area contributed by atoms with Gasteiger partial charge in [-0.2, -0.15) is 0 Å². The summed E-state index contributed by atoms with van der Waals surface area (Å²) < 4.78 is 16.8. The molecule has 0 aliphatic carbocycles. The fraction of sp³-hybridized carbons (Fsp3) is 0.304. The molecule has 0 radical (unpaired) electrons. The summed E-state index contributed by atoms with van der Waals surface area (Å²) in [7, 11) is 3.69. The Morgan fingerprint density at radius 3 is 2.71 bits per heavy atom. The quantitative estimate of drug-likeness (QED) is 0.324. The lowest BCUT2D eigenvalue weighted by Gasteiger charge is -2.15. The van der Waals surface area contributed by atoms with Gasteiger partial charge in [0.05, 0.1) is 17.8 Å². The predicted molar refractivity (Wildman–Crippen MR) is 130 cm³/mol. The Hall–Kier alpha value is -3.47. The van der Waals surface area contributed by atoms with Crippen LogP contribution in [0.2, 0.25) is 5.02 Å². The third-order valence-electron chi connectivity index (χ3n) is 5.02. The number of nitrogens with one attached hydrogen (secondary N) is 2. The van der Waals surface area contributed by atoms with Crippen LogP contribution in [0.5, 0.6) is 17.4 Å². The Morgan fingerprint density at radius 2 is 1.94 bits per heavy atom. The number of methoxy groups -OCH3 is 1. The molecule has 2 N–H and O–H groups in total. The van der Waals surface area contributed by atoms with Crippen LogP contribution >= 0.6 is 11.6 Å². The molecule has 1 aromatic carbocycles. The molecule has 0 fully saturated rings. The Bertz CT molecular complexity index is 1230. The number of nitrogens with zero attached hydrogens (tertiary/aromatic N) is 5. The van der Waals surface area contributed by atoms with Gasteiger partial charge < -0.3 is 24.4 Å². The minimum absolute atomic E-state index is 0.427. The van der Waals surface area contributed by atoms with Crippen molar-refractivity contribution in [1.29, 1.82) is 0 Å². The fourth-order valence-corrected chi connectivity index (χ4v) is 3.35. The molecule has 0 unspecified atom stereocenters. The van der Waals surface area contributed by atoms with E-state index < -0.39 is 0 Å². The molecule has 3 aromatic heterocycles. The molecular weight excluding hydrogens is 458 g/mol. The highest BCUT2D eigenvalue weighted by atomic mass is 35.5. The Balaban J connectivity index is 1.47. The first kappa shape index (κ1) is 23.7. The molecule has 0 aliphatic heterocycles. The highest BCUT2D eigenvalue weighted by Gasteiger charge is 2.15. The molecule has 3 heterocycles. The minimum Gasteiger partial charge on any atom is -0.475 e. The zero-order valence-corrected chi connectivity index (χ0v) is 20.0. The lowest BCUT2D eigenvalue weighted by Crippen LogP contribution is -2.27. The minimum atomic E-state index is 0.427. The van der Waals surface area contributed by atoms with Gasteiger partial charge in [-0.05, 0) is 44.3 Å². The Morgan fingerprint density at radius 1 is 1.09 bits per heavy atom. The number of ether oxygens (including phenoxy) is 3. The average Bonchev–Trinajstić information content (AvgIpc) is 3.25. The van der Waals surface area contributed by atoms with E-state index >= 15 is 0 Å². The molecule has 0 atom stereocenters. The molecule has 0 spiro atoms. The summed E-state index contributed by atoms with van der Waals surface area (Å²) in [6, 6.07) is 9.12. The number of hydrogen-bond donors (Lipinski definition) is 2. The maximum Gasteiger partial charge on any atom is 0.246 e. The second kappa shape index (κ2) is 11.1. The number of hydrogen-bond acceptors (Lipinski definition) is 9. The SMILES string of the molecule is COCCN(C)CCOc1n[nH]c2ncnc(Nc3ccc(Oc4ccc(C)nc4)c(Cl)c3)c12. The van der Waals surface area contributed by atoms with Gasteiger partial charge in [0, 0.05) is 31.6 Å². The van der Waals surface area contributed by atoms with E-state index in [1.807, 2.05) is 32.2 Å². The summed E-state index contributed by atoms with van der Waals surface area (Å²) in [5.74, 6) is 2.11. The van der Waals surface area contributed by atoms with E-state index in [9.17, 15) is 0 Å². The Labute approximate surface area is 202 Å². The molecule has 0 saturated carbocycles. The van der Waals surface area contributed by atoms with Crippen LogP contribution in [-0.2, 0) is 4.74 Å². The van der Waals surface area contributed by atoms with Crippen molar-refractivity contribution in [3.05, 3.63) is 53.6 Å². The number of fused-ring (bicyclic) bond motifs is 1. The van der Waals surface area contributed by atoms with Crippen molar-refractivity contribution in [2.75, 3.05) is 45.8 Å². The first-order chi connectivity index (χ1) is 16.5. The maximum absolute atomic E-state index is 6.46. The van der Waals surface area contributed by atoms with Crippen molar-refractivity contribution in [1.82, 2.24) is 30.0 Å². The lowest BCUT2D eigenvalue weighted by molar-refractivity contribution is 0.149. The van der Waals surface area contributed by atoms with Crippen molar-refractivity contribution in [2.24, 2.45) is 0 Å². The number of likely N-dealkylation sites (N-methyl/N-ethyl adjacent to an activating group) is 1. The molecule has 0 bridgehead atoms. The number of halogens is 1. The monoisotopic (exact) mass is 483 g/mol. The highest BCUT2D eigenvalue weighted by Crippen LogP contribution is 2.34. The number of anilines is 2. The second-order valence-corrected chi connectivity index (χ2v) is 8.03. The Kier molecular flexibility index (Phi) is 7.73. The topological polar surface area (TPSA) is 110 Å². The highest BCUT2D eigenvalue weighted by molar-refractivity contribution is 6.32. The number of aromatic nitrogens is 5. The van der Waals surface area contributed by atoms with Crippen LogP contribution in [0.3, 0.4) is 0 Å². The standard InChI is InChI=1S/C23H26ClN7O3/c1-15-4-6-17(13-25-15)34-19-7-5-16(12-18(19)24)28-21-20-22(27-14-26-21)29-30-23(20)33-11-9-31(2)8-10-32-3/h4-7,12-14H,8-11H2,1-3H3,(H2,26,27,28,29,30). The first-order valence-electron chi connectivity index (χ1n) is 10.7. The van der Waals surface area contributed by atoms with Gasteiger partial charge in [0.2, 0.25) is 5.88 Å². The summed E-state index contributed by atoms with van der Waals surface area (Å²) in [5.41, 5.74) is 2.21. The average molecular weight is 484 g/mol. The van der Waals surface area contributed by atoms with Crippen LogP contribution in [0.1, 0.15) is 5.69 Å². The first-order valence-corrected chi connectivity index (χ1v) is 11.1. The van der Waals surface area contributed by atoms with Crippen molar-refractivity contribution >= 4 is 34.1 Å². The number of aromatic amines is 1. The van der Waals surface area contributed by atoms with Crippen molar-refractivity contribution in [3.63, 3.8) is 0 Å². The van der Waals surface area contributed by atoms with E-state index in [1.54, 1.807) is 25.4 Å². The van der Waals surface area contributed by atoms with E-state index in [4.69, 9.17) is 25.8 Å². The molecule has 4 aromatic rings. The second-order valence-electron chi connectivity index (χ2n) is 7.63. The lowest BCUT2D eigenvalue weighted by atomic mass is 10.3. The van der Waals surface area contributed by atoms with E-state index in [0.29, 0.717) is 52.5 Å². The van der Waals surface area contributed by atoms with Gasteiger partial charge in [-0.3, -0.25) is 10.1 Å². The molecule has 11 heteroatoms. The number of benzene rings is 1. The predicted octanol–water partition coefficient (Wildman–Crippen LogP) is 4.20. The molecule has 0 amide bonds. The number of H-pyrrole nitrogens is 1. The number of rotatable bonds is 11. The maximum atomic E-state index is 6.46. The van der Waals surface area contributed by atoms with E-state index in [1.165, 1.54) is 6.33 Å². The van der Waals surface area contributed by atoms with Crippen LogP contribution < -0.4 is 14.8 Å². The van der Waals surface area contributed by atoms with Gasteiger partial charge in [0.15, 0.2) is 5.65 Å². The van der Waals surface area contributed by atoms with Gasteiger partial charge in [0.25, 0.3) is 0 Å². The normalized spacial score (nSPS) is 11.2. The van der Waals surface area contributed by atoms with Crippen molar-refractivity contribution in [2.45, 2.75) is 6.92 Å². The summed E-state index contributed by atoms with van der Waals surface area (Å²) in [6.45, 7) is 4.58. The van der Waals surface area contributed by atoms with Crippen molar-refractivity contribution < 1.29 is 14.2 Å². The third-order valence-corrected chi connectivity index (χ3v) is 5.32. The summed E-state index contributed by atoms with van der Waals surface area (Å²) in [5, 5.41) is 11.5. The van der Waals surface area contributed by atoms with Gasteiger partial charge in [-0.15, -0.1) is 5.10 Å². The van der Waals surface area contributed by atoms with E-state index in [2.05, 4.69) is 35.4 Å². The summed E-state index contributed by atoms with van der Waals surface area (Å²) in [4.78, 5) is 15.0. The number of pyridine rings is 1. The molecule has 4 rings (SSSR count). The zero-order chi connectivity index (χ0) is 23.9. The van der Waals surface area contributed by atoms with E-state index in [-0.39, 0.29) is 0 Å². The largest absolute Gasteiger partial charge is 0.475 e. The molecule has 34 heavy (non-hydrogen) atoms. The summed E-state index contributed by atoms with van der Waals surface area (Å²) in [6.07, 6.45) is 3.11. The van der Waals surface area contributed by atoms with Crippen LogP contribution in [0.25, 0.3) is 11.0 Å².